The number of benzene rings is 1. The Morgan fingerprint density at radius 2 is 2.00 bits per heavy atom. The predicted molar refractivity (Wildman–Crippen MR) is 77.6 cm³/mol. The molecule has 1 fully saturated rings. The van der Waals surface area contributed by atoms with E-state index in [9.17, 15) is 13.2 Å². The van der Waals surface area contributed by atoms with Crippen LogP contribution in [0.1, 0.15) is 36.0 Å². The van der Waals surface area contributed by atoms with E-state index in [4.69, 9.17) is 11.6 Å². The van der Waals surface area contributed by atoms with E-state index in [2.05, 4.69) is 9.46 Å². The van der Waals surface area contributed by atoms with Crippen LogP contribution in [0.25, 0.3) is 0 Å². The second-order valence-electron chi connectivity index (χ2n) is 4.74. The minimum atomic E-state index is -3.42. The highest BCUT2D eigenvalue weighted by Gasteiger charge is 2.28. The van der Waals surface area contributed by atoms with Crippen molar-refractivity contribution in [3.05, 3.63) is 28.8 Å². The molecular weight excluding hydrogens is 302 g/mol. The molecule has 110 valence electrons. The van der Waals surface area contributed by atoms with Crippen LogP contribution in [0.5, 0.6) is 0 Å². The summed E-state index contributed by atoms with van der Waals surface area (Å²) in [7, 11) is -2.18. The Hall–Kier alpha value is -1.27. The molecule has 1 aliphatic carbocycles. The molecule has 0 aromatic heterocycles. The third kappa shape index (κ3) is 3.24. The lowest BCUT2D eigenvalue weighted by molar-refractivity contribution is 0.0601. The minimum absolute atomic E-state index is 0.140. The molecule has 0 unspecified atom stereocenters. The van der Waals surface area contributed by atoms with Gasteiger partial charge in [-0.3, -0.25) is 4.72 Å². The summed E-state index contributed by atoms with van der Waals surface area (Å²) in [5.74, 6) is -0.600. The fourth-order valence-electron chi connectivity index (χ4n) is 2.30. The normalized spacial score (nSPS) is 16.1. The Bertz CT molecular complexity index is 609. The molecule has 0 amide bonds. The largest absolute Gasteiger partial charge is 0.465 e. The number of ether oxygens (including phenoxy) is 1. The number of sulfonamides is 1. The van der Waals surface area contributed by atoms with Crippen LogP contribution in [-0.2, 0) is 14.8 Å². The van der Waals surface area contributed by atoms with E-state index in [1.54, 1.807) is 0 Å². The first kappa shape index (κ1) is 15.1. The Kier molecular flexibility index (Phi) is 4.55. The molecule has 1 saturated carbocycles. The highest BCUT2D eigenvalue weighted by Crippen LogP contribution is 2.27. The first-order chi connectivity index (χ1) is 9.44. The number of hydrogen-bond acceptors (Lipinski definition) is 4. The van der Waals surface area contributed by atoms with E-state index in [1.807, 2.05) is 0 Å². The van der Waals surface area contributed by atoms with Crippen LogP contribution in [0.3, 0.4) is 0 Å². The molecule has 0 spiro atoms. The van der Waals surface area contributed by atoms with Gasteiger partial charge in [-0.25, -0.2) is 13.2 Å². The second-order valence-corrected chi connectivity index (χ2v) is 7.11. The van der Waals surface area contributed by atoms with Crippen LogP contribution in [0.4, 0.5) is 5.69 Å². The van der Waals surface area contributed by atoms with E-state index >= 15 is 0 Å². The van der Waals surface area contributed by atoms with Gasteiger partial charge < -0.3 is 4.74 Å². The molecule has 5 nitrogen and oxygen atoms in total. The van der Waals surface area contributed by atoms with Crippen molar-refractivity contribution in [2.24, 2.45) is 0 Å². The quantitative estimate of drug-likeness (QED) is 0.867. The Labute approximate surface area is 123 Å². The lowest BCUT2D eigenvalue weighted by Crippen LogP contribution is -2.25. The van der Waals surface area contributed by atoms with Crippen molar-refractivity contribution in [2.45, 2.75) is 30.9 Å². The molecule has 1 aromatic carbocycles. The molecule has 1 aromatic rings. The predicted octanol–water partition coefficient (Wildman–Crippen LogP) is 2.81. The third-order valence-corrected chi connectivity index (χ3v) is 5.57. The summed E-state index contributed by atoms with van der Waals surface area (Å²) in [5, 5.41) is -0.139. The maximum Gasteiger partial charge on any atom is 0.339 e. The van der Waals surface area contributed by atoms with Gasteiger partial charge in [0.25, 0.3) is 0 Å². The number of rotatable bonds is 4. The Balaban J connectivity index is 2.23. The lowest BCUT2D eigenvalue weighted by atomic mass is 10.2. The summed E-state index contributed by atoms with van der Waals surface area (Å²) in [6, 6.07) is 4.39. The van der Waals surface area contributed by atoms with Crippen LogP contribution in [0, 0.1) is 0 Å². The van der Waals surface area contributed by atoms with E-state index in [1.165, 1.54) is 25.3 Å². The topological polar surface area (TPSA) is 72.5 Å². The summed E-state index contributed by atoms with van der Waals surface area (Å²) in [5.41, 5.74) is 0.461. The Morgan fingerprint density at radius 3 is 2.60 bits per heavy atom. The fourth-order valence-corrected chi connectivity index (χ4v) is 4.07. The number of halogens is 1. The molecule has 0 heterocycles. The molecule has 0 aliphatic heterocycles. The van der Waals surface area contributed by atoms with Gasteiger partial charge in [-0.1, -0.05) is 24.4 Å². The van der Waals surface area contributed by atoms with Crippen LogP contribution in [0.2, 0.25) is 5.02 Å². The number of carbonyl (C=O) groups is 1. The van der Waals surface area contributed by atoms with Crippen LogP contribution < -0.4 is 4.72 Å². The molecular formula is C13H16ClNO4S. The van der Waals surface area contributed by atoms with Crippen molar-refractivity contribution in [2.75, 3.05) is 11.8 Å². The maximum atomic E-state index is 12.2. The first-order valence-electron chi connectivity index (χ1n) is 6.33. The van der Waals surface area contributed by atoms with Gasteiger partial charge in [0.1, 0.15) is 0 Å². The van der Waals surface area contributed by atoms with Crippen molar-refractivity contribution in [1.29, 1.82) is 0 Å². The molecule has 2 rings (SSSR count). The van der Waals surface area contributed by atoms with E-state index in [0.29, 0.717) is 18.5 Å². The van der Waals surface area contributed by atoms with Gasteiger partial charge >= 0.3 is 5.97 Å². The molecule has 0 saturated heterocycles. The van der Waals surface area contributed by atoms with Gasteiger partial charge in [-0.15, -0.1) is 0 Å². The van der Waals surface area contributed by atoms with Crippen LogP contribution in [-0.4, -0.2) is 26.7 Å². The van der Waals surface area contributed by atoms with Crippen molar-refractivity contribution < 1.29 is 17.9 Å². The minimum Gasteiger partial charge on any atom is -0.465 e. The molecule has 7 heteroatoms. The number of anilines is 1. The molecule has 0 bridgehead atoms. The number of esters is 1. The zero-order chi connectivity index (χ0) is 14.8. The van der Waals surface area contributed by atoms with Crippen LogP contribution >= 0.6 is 11.6 Å². The third-order valence-electron chi connectivity index (χ3n) is 3.37. The van der Waals surface area contributed by atoms with Crippen molar-refractivity contribution in [1.82, 2.24) is 0 Å². The summed E-state index contributed by atoms with van der Waals surface area (Å²) in [4.78, 5) is 11.5. The number of carbonyl (C=O) groups excluding carboxylic acids is 1. The van der Waals surface area contributed by atoms with Crippen molar-refractivity contribution in [3.63, 3.8) is 0 Å². The van der Waals surface area contributed by atoms with Crippen LogP contribution in [0.15, 0.2) is 18.2 Å². The van der Waals surface area contributed by atoms with Gasteiger partial charge in [0.15, 0.2) is 0 Å². The van der Waals surface area contributed by atoms with Gasteiger partial charge in [-0.05, 0) is 31.0 Å². The molecule has 20 heavy (non-hydrogen) atoms. The maximum absolute atomic E-state index is 12.2. The summed E-state index contributed by atoms with van der Waals surface area (Å²) >= 11 is 5.89. The average Bonchev–Trinajstić information content (AvgIpc) is 2.94. The summed E-state index contributed by atoms with van der Waals surface area (Å²) < 4.78 is 31.5. The smallest absolute Gasteiger partial charge is 0.339 e. The van der Waals surface area contributed by atoms with E-state index in [0.717, 1.165) is 12.8 Å². The highest BCUT2D eigenvalue weighted by atomic mass is 35.5. The average molecular weight is 318 g/mol. The fraction of sp³-hybridized carbons (Fsp3) is 0.462. The van der Waals surface area contributed by atoms with Gasteiger partial charge in [-0.2, -0.15) is 0 Å². The van der Waals surface area contributed by atoms with E-state index in [-0.39, 0.29) is 15.8 Å². The van der Waals surface area contributed by atoms with Gasteiger partial charge in [0.2, 0.25) is 10.0 Å². The standard InChI is InChI=1S/C13H16ClNO4S/c1-19-13(16)11-8-9(6-7-12(11)14)15-20(17,18)10-4-2-3-5-10/h6-8,10,15H,2-5H2,1H3. The van der Waals surface area contributed by atoms with Crippen molar-refractivity contribution >= 4 is 33.3 Å². The molecule has 1 N–H and O–H groups in total. The highest BCUT2D eigenvalue weighted by molar-refractivity contribution is 7.93. The summed E-state index contributed by atoms with van der Waals surface area (Å²) in [6.45, 7) is 0. The zero-order valence-electron chi connectivity index (χ0n) is 11.1. The van der Waals surface area contributed by atoms with Crippen molar-refractivity contribution in [3.8, 4) is 0 Å². The van der Waals surface area contributed by atoms with Gasteiger partial charge in [0.05, 0.1) is 22.9 Å². The molecule has 1 aliphatic rings. The molecule has 0 atom stereocenters. The first-order valence-corrected chi connectivity index (χ1v) is 8.26. The Morgan fingerprint density at radius 1 is 1.35 bits per heavy atom. The number of nitrogens with one attached hydrogen (secondary N) is 1. The van der Waals surface area contributed by atoms with Gasteiger partial charge in [0, 0.05) is 5.69 Å². The monoisotopic (exact) mass is 317 g/mol. The SMILES string of the molecule is COC(=O)c1cc(NS(=O)(=O)C2CCCC2)ccc1Cl. The number of hydrogen-bond donors (Lipinski definition) is 1. The van der Waals surface area contributed by atoms with E-state index < -0.39 is 16.0 Å². The zero-order valence-corrected chi connectivity index (χ0v) is 12.6. The second kappa shape index (κ2) is 6.01. The molecule has 0 radical (unpaired) electrons. The lowest BCUT2D eigenvalue weighted by Gasteiger charge is -2.14. The summed E-state index contributed by atoms with van der Waals surface area (Å²) in [6.07, 6.45) is 3.21. The number of methoxy groups -OCH3 is 1.